The fourth-order valence-electron chi connectivity index (χ4n) is 2.26. The fourth-order valence-corrected chi connectivity index (χ4v) is 2.64. The molecule has 2 atom stereocenters. The summed E-state index contributed by atoms with van der Waals surface area (Å²) in [5.41, 5.74) is 5.08. The topological polar surface area (TPSA) is 109 Å². The van der Waals surface area contributed by atoms with Gasteiger partial charge in [0.25, 0.3) is 5.12 Å². The maximum atomic E-state index is 12.1. The van der Waals surface area contributed by atoms with E-state index in [1.807, 2.05) is 11.9 Å². The van der Waals surface area contributed by atoms with Crippen LogP contribution in [-0.4, -0.2) is 58.1 Å². The lowest BCUT2D eigenvalue weighted by Crippen LogP contribution is -2.45. The molecule has 2 aliphatic heterocycles. The summed E-state index contributed by atoms with van der Waals surface area (Å²) in [4.78, 5) is 33.0. The van der Waals surface area contributed by atoms with Crippen LogP contribution in [0.3, 0.4) is 0 Å². The molecule has 1 amide bonds. The number of amidine groups is 1. The van der Waals surface area contributed by atoms with E-state index in [4.69, 9.17) is 5.73 Å². The Morgan fingerprint density at radius 2 is 1.93 bits per heavy atom. The first-order chi connectivity index (χ1) is 13.8. The lowest BCUT2D eigenvalue weighted by Gasteiger charge is -2.34. The Morgan fingerprint density at radius 3 is 2.43 bits per heavy atom. The van der Waals surface area contributed by atoms with Crippen LogP contribution in [0.5, 0.6) is 0 Å². The van der Waals surface area contributed by atoms with E-state index < -0.39 is 28.7 Å². The van der Waals surface area contributed by atoms with Gasteiger partial charge in [0.1, 0.15) is 12.1 Å². The van der Waals surface area contributed by atoms with Crippen molar-refractivity contribution in [2.75, 3.05) is 7.05 Å². The van der Waals surface area contributed by atoms with Crippen LogP contribution in [0.15, 0.2) is 38.3 Å². The van der Waals surface area contributed by atoms with Gasteiger partial charge < -0.3 is 5.73 Å². The Morgan fingerprint density at radius 1 is 1.27 bits per heavy atom. The number of nitrogens with zero attached hydrogens (tertiary/aromatic N) is 6. The highest BCUT2D eigenvalue weighted by molar-refractivity contribution is 7.81. The predicted molar refractivity (Wildman–Crippen MR) is 113 cm³/mol. The average Bonchev–Trinajstić information content (AvgIpc) is 3.13. The zero-order valence-corrected chi connectivity index (χ0v) is 17.7. The Labute approximate surface area is 177 Å². The third-order valence-electron chi connectivity index (χ3n) is 4.45. The predicted octanol–water partition coefficient (Wildman–Crippen LogP) is 2.52. The van der Waals surface area contributed by atoms with Gasteiger partial charge in [-0.05, 0) is 40.0 Å². The molecule has 2 unspecified atom stereocenters. The summed E-state index contributed by atoms with van der Waals surface area (Å²) in [7, 11) is 1.93. The van der Waals surface area contributed by atoms with Crippen molar-refractivity contribution in [2.24, 2.45) is 25.7 Å². The first-order valence-corrected chi connectivity index (χ1v) is 9.33. The summed E-state index contributed by atoms with van der Waals surface area (Å²) in [5, 5.41) is -0.857. The molecule has 3 heterocycles. The first-order valence-electron chi connectivity index (χ1n) is 8.88. The van der Waals surface area contributed by atoms with Gasteiger partial charge in [-0.15, -0.1) is 12.6 Å². The van der Waals surface area contributed by atoms with E-state index in [9.17, 15) is 18.0 Å². The normalized spacial score (nSPS) is 21.0. The average molecular weight is 441 g/mol. The number of carbonyl (C=O) groups is 1. The molecule has 0 saturated heterocycles. The molecule has 0 saturated carbocycles. The number of pyridine rings is 1. The molecule has 1 aromatic heterocycles. The van der Waals surface area contributed by atoms with Gasteiger partial charge in [-0.25, -0.2) is 20.0 Å². The zero-order chi connectivity index (χ0) is 22.7. The Bertz CT molecular complexity index is 909. The Kier molecular flexibility index (Phi) is 7.14. The first kappa shape index (κ1) is 23.7. The van der Waals surface area contributed by atoms with Gasteiger partial charge in [-0.2, -0.15) is 13.2 Å². The Hall–Kier alpha value is -2.60. The minimum Gasteiger partial charge on any atom is -0.369 e. The van der Waals surface area contributed by atoms with Gasteiger partial charge in [-0.1, -0.05) is 0 Å². The van der Waals surface area contributed by atoms with Gasteiger partial charge >= 0.3 is 6.18 Å². The number of thiol groups is 1. The fraction of sp³-hybridized carbons (Fsp3) is 0.444. The molecular formula is C18H22F3N7OS. The number of aliphatic imine (C=N–C) groups is 4. The van der Waals surface area contributed by atoms with Crippen molar-refractivity contribution in [2.45, 2.75) is 44.0 Å². The van der Waals surface area contributed by atoms with E-state index in [1.54, 1.807) is 6.21 Å². The van der Waals surface area contributed by atoms with Crippen LogP contribution in [0.25, 0.3) is 0 Å². The molecule has 0 radical (unpaired) electrons. The number of hydrogen-bond donors (Lipinski definition) is 2. The van der Waals surface area contributed by atoms with Gasteiger partial charge in [0.15, 0.2) is 5.84 Å². The maximum absolute atomic E-state index is 12.1. The largest absolute Gasteiger partial charge is 0.417 e. The van der Waals surface area contributed by atoms with Crippen LogP contribution >= 0.6 is 12.6 Å². The van der Waals surface area contributed by atoms with E-state index in [0.29, 0.717) is 23.8 Å². The number of nitrogens with two attached hydrogens (primary N) is 1. The number of carbonyl (C=O) groups excluding carboxylic acids is 1. The molecule has 30 heavy (non-hydrogen) atoms. The zero-order valence-electron chi connectivity index (χ0n) is 16.8. The van der Waals surface area contributed by atoms with Crippen LogP contribution < -0.4 is 5.73 Å². The summed E-state index contributed by atoms with van der Waals surface area (Å²) in [6.45, 7) is 5.61. The quantitative estimate of drug-likeness (QED) is 0.554. The van der Waals surface area contributed by atoms with Crippen LogP contribution in [0, 0.1) is 0 Å². The highest BCUT2D eigenvalue weighted by Crippen LogP contribution is 2.29. The van der Waals surface area contributed by atoms with Crippen LogP contribution in [0.4, 0.5) is 13.2 Å². The second-order valence-corrected chi connectivity index (χ2v) is 7.45. The maximum Gasteiger partial charge on any atom is 0.417 e. The van der Waals surface area contributed by atoms with Gasteiger partial charge in [0.2, 0.25) is 5.91 Å². The summed E-state index contributed by atoms with van der Waals surface area (Å²) in [6.07, 6.45) is -0.577. The third-order valence-corrected chi connectivity index (χ3v) is 4.98. The molecule has 1 aromatic rings. The molecular weight excluding hydrogens is 419 g/mol. The van der Waals surface area contributed by atoms with Gasteiger partial charge in [0, 0.05) is 12.2 Å². The monoisotopic (exact) mass is 441 g/mol. The number of hydrogen-bond acceptors (Lipinski definition) is 8. The minimum atomic E-state index is -4.42. The molecule has 8 nitrogen and oxygen atoms in total. The van der Waals surface area contributed by atoms with Crippen molar-refractivity contribution in [3.05, 3.63) is 29.6 Å². The summed E-state index contributed by atoms with van der Waals surface area (Å²) < 4.78 is 36.4. The van der Waals surface area contributed by atoms with E-state index >= 15 is 0 Å². The van der Waals surface area contributed by atoms with Crippen molar-refractivity contribution in [1.29, 1.82) is 0 Å². The number of rotatable bonds is 4. The minimum absolute atomic E-state index is 0.232. The van der Waals surface area contributed by atoms with Crippen LogP contribution in [0.1, 0.15) is 37.9 Å². The molecule has 162 valence electrons. The number of amides is 1. The van der Waals surface area contributed by atoms with Crippen molar-refractivity contribution in [1.82, 2.24) is 9.88 Å². The number of halogens is 3. The van der Waals surface area contributed by atoms with E-state index in [-0.39, 0.29) is 5.69 Å². The van der Waals surface area contributed by atoms with Gasteiger partial charge in [0.05, 0.1) is 23.4 Å². The number of primary amides is 1. The molecule has 3 rings (SSSR count). The van der Waals surface area contributed by atoms with E-state index in [2.05, 4.69) is 51.4 Å². The summed E-state index contributed by atoms with van der Waals surface area (Å²) >= 11 is 4.48. The molecule has 0 aromatic carbocycles. The highest BCUT2D eigenvalue weighted by atomic mass is 32.1. The van der Waals surface area contributed by atoms with Crippen LogP contribution in [-0.2, 0) is 11.0 Å². The number of alkyl halides is 3. The number of fused-ring (bicyclic) bond motifs is 1. The smallest absolute Gasteiger partial charge is 0.369 e. The third kappa shape index (κ3) is 5.51. The molecule has 2 N–H and O–H groups in total. The summed E-state index contributed by atoms with van der Waals surface area (Å²) in [5.74, 6) is -0.706. The van der Waals surface area contributed by atoms with Crippen LogP contribution in [0.2, 0.25) is 0 Å². The lowest BCUT2D eigenvalue weighted by atomic mass is 10.1. The van der Waals surface area contributed by atoms with Crippen molar-refractivity contribution in [3.8, 4) is 0 Å². The second kappa shape index (κ2) is 9.04. The number of aromatic nitrogens is 1. The lowest BCUT2D eigenvalue weighted by molar-refractivity contribution is -0.137. The van der Waals surface area contributed by atoms with Gasteiger partial charge in [-0.3, -0.25) is 14.7 Å². The Balaban J connectivity index is 0.000000214. The SMILES string of the molecule is CC(C(N)=O)c1ccc(C(F)(F)F)cn1.CC(C)N(C)C1(S)N=CC2=NC=NC2=N1. The highest BCUT2D eigenvalue weighted by Gasteiger charge is 2.35. The molecule has 2 aliphatic rings. The molecule has 0 fully saturated rings. The van der Waals surface area contributed by atoms with Crippen molar-refractivity contribution >= 4 is 42.6 Å². The molecule has 0 bridgehead atoms. The van der Waals surface area contributed by atoms with E-state index in [0.717, 1.165) is 12.1 Å². The van der Waals surface area contributed by atoms with Crippen molar-refractivity contribution < 1.29 is 18.0 Å². The molecule has 0 spiro atoms. The molecule has 12 heteroatoms. The second-order valence-electron chi connectivity index (χ2n) is 6.85. The molecule has 0 aliphatic carbocycles. The standard InChI is InChI=1S/C9H9F3N2O.C9H13N5S/c1-5(8(13)15)7-3-2-6(4-14-7)9(10,11)12;1-6(2)14(3)9(15)12-4-7-8(13-9)11-5-10-7/h2-5H,1H3,(H2,13,15);4-6,15H,1-3H3. The van der Waals surface area contributed by atoms with E-state index in [1.165, 1.54) is 13.3 Å². The summed E-state index contributed by atoms with van der Waals surface area (Å²) in [6, 6.07) is 2.33. The van der Waals surface area contributed by atoms with Crippen molar-refractivity contribution in [3.63, 3.8) is 0 Å².